The van der Waals surface area contributed by atoms with Crippen molar-refractivity contribution in [2.45, 2.75) is 13.8 Å². The van der Waals surface area contributed by atoms with Crippen LogP contribution in [0.3, 0.4) is 0 Å². The molecule has 0 spiro atoms. The van der Waals surface area contributed by atoms with E-state index < -0.39 is 0 Å². The molecule has 0 aliphatic carbocycles. The molecule has 1 aromatic heterocycles. The van der Waals surface area contributed by atoms with E-state index in [1.807, 2.05) is 19.9 Å². The number of hydrogen-bond donors (Lipinski definition) is 2. The van der Waals surface area contributed by atoms with Crippen LogP contribution in [0, 0.1) is 13.8 Å². The number of halogens is 1. The van der Waals surface area contributed by atoms with Crippen LogP contribution in [0.2, 0.25) is 5.02 Å². The number of benzene rings is 1. The Morgan fingerprint density at radius 2 is 2.00 bits per heavy atom. The number of aromatic hydroxyl groups is 1. The van der Waals surface area contributed by atoms with E-state index >= 15 is 0 Å². The Morgan fingerprint density at radius 3 is 2.69 bits per heavy atom. The second-order valence-corrected chi connectivity index (χ2v) is 3.65. The zero-order valence-electron chi connectivity index (χ0n) is 7.48. The molecule has 13 heavy (non-hydrogen) atoms. The number of hydrogen-bond acceptors (Lipinski definition) is 1. The molecule has 0 aliphatic rings. The van der Waals surface area contributed by atoms with Crippen molar-refractivity contribution in [2.75, 3.05) is 0 Å². The van der Waals surface area contributed by atoms with E-state index in [-0.39, 0.29) is 5.75 Å². The molecular weight excluding hydrogens is 186 g/mol. The summed E-state index contributed by atoms with van der Waals surface area (Å²) in [6.07, 6.45) is 0. The van der Waals surface area contributed by atoms with E-state index in [0.29, 0.717) is 5.02 Å². The predicted octanol–water partition coefficient (Wildman–Crippen LogP) is 3.14. The molecule has 0 bridgehead atoms. The van der Waals surface area contributed by atoms with Crippen LogP contribution in [0.1, 0.15) is 11.3 Å². The molecule has 0 aliphatic heterocycles. The summed E-state index contributed by atoms with van der Waals surface area (Å²) in [6, 6.07) is 3.60. The van der Waals surface area contributed by atoms with E-state index in [2.05, 4.69) is 4.98 Å². The maximum atomic E-state index is 9.46. The highest BCUT2D eigenvalue weighted by Gasteiger charge is 2.09. The Labute approximate surface area is 81.1 Å². The van der Waals surface area contributed by atoms with Crippen molar-refractivity contribution in [1.29, 1.82) is 0 Å². The van der Waals surface area contributed by atoms with Gasteiger partial charge in [0.15, 0.2) is 0 Å². The first-order valence-corrected chi connectivity index (χ1v) is 4.45. The summed E-state index contributed by atoms with van der Waals surface area (Å²) in [4.78, 5) is 3.20. The van der Waals surface area contributed by atoms with Crippen molar-refractivity contribution in [3.05, 3.63) is 28.4 Å². The van der Waals surface area contributed by atoms with Gasteiger partial charge in [-0.15, -0.1) is 0 Å². The Bertz CT molecular complexity index is 473. The molecule has 0 atom stereocenters. The molecule has 0 amide bonds. The first kappa shape index (κ1) is 8.45. The van der Waals surface area contributed by atoms with Crippen LogP contribution in [0.25, 0.3) is 10.9 Å². The number of nitrogens with one attached hydrogen (secondary N) is 1. The molecule has 2 N–H and O–H groups in total. The predicted molar refractivity (Wildman–Crippen MR) is 54.4 cm³/mol. The molecule has 2 rings (SSSR count). The van der Waals surface area contributed by atoms with E-state index in [1.54, 1.807) is 6.07 Å². The third-order valence-corrected chi connectivity index (χ3v) is 2.56. The van der Waals surface area contributed by atoms with Gasteiger partial charge in [-0.3, -0.25) is 0 Å². The van der Waals surface area contributed by atoms with Gasteiger partial charge in [-0.25, -0.2) is 0 Å². The lowest BCUT2D eigenvalue weighted by atomic mass is 10.1. The quantitative estimate of drug-likeness (QED) is 0.666. The molecule has 0 unspecified atom stereocenters. The zero-order valence-corrected chi connectivity index (χ0v) is 8.24. The van der Waals surface area contributed by atoms with Gasteiger partial charge in [0.1, 0.15) is 5.75 Å². The van der Waals surface area contributed by atoms with E-state index in [1.165, 1.54) is 0 Å². The van der Waals surface area contributed by atoms with Gasteiger partial charge in [0.05, 0.1) is 10.5 Å². The molecule has 2 nitrogen and oxygen atoms in total. The Kier molecular flexibility index (Phi) is 1.74. The van der Waals surface area contributed by atoms with Crippen molar-refractivity contribution in [3.63, 3.8) is 0 Å². The highest BCUT2D eigenvalue weighted by Crippen LogP contribution is 2.34. The van der Waals surface area contributed by atoms with Crippen molar-refractivity contribution in [1.82, 2.24) is 4.98 Å². The third kappa shape index (κ3) is 1.18. The third-order valence-electron chi connectivity index (χ3n) is 2.16. The van der Waals surface area contributed by atoms with Gasteiger partial charge in [0.25, 0.3) is 0 Å². The fourth-order valence-electron chi connectivity index (χ4n) is 1.55. The number of aryl methyl sites for hydroxylation is 2. The number of fused-ring (bicyclic) bond motifs is 1. The number of phenols is 1. The van der Waals surface area contributed by atoms with E-state index in [4.69, 9.17) is 11.6 Å². The summed E-state index contributed by atoms with van der Waals surface area (Å²) in [7, 11) is 0. The van der Waals surface area contributed by atoms with Gasteiger partial charge in [-0.2, -0.15) is 0 Å². The minimum atomic E-state index is 0.144. The summed E-state index contributed by atoms with van der Waals surface area (Å²) in [5.74, 6) is 0.144. The van der Waals surface area contributed by atoms with Gasteiger partial charge >= 0.3 is 0 Å². The standard InChI is InChI=1S/C10H10ClNO/c1-5-3-8(13)9(11)7-4-6(2)12-10(5)7/h3-4,12-13H,1-2H3. The average molecular weight is 196 g/mol. The van der Waals surface area contributed by atoms with Crippen LogP contribution >= 0.6 is 11.6 Å². The normalized spacial score (nSPS) is 11.0. The molecule has 0 saturated heterocycles. The lowest BCUT2D eigenvalue weighted by molar-refractivity contribution is 0.476. The molecule has 0 saturated carbocycles. The number of aromatic amines is 1. The van der Waals surface area contributed by atoms with Crippen molar-refractivity contribution < 1.29 is 5.11 Å². The number of aromatic nitrogens is 1. The second kappa shape index (κ2) is 2.67. The lowest BCUT2D eigenvalue weighted by Gasteiger charge is -2.01. The van der Waals surface area contributed by atoms with E-state index in [0.717, 1.165) is 22.2 Å². The molecule has 2 aromatic rings. The SMILES string of the molecule is Cc1cc2c(Cl)c(O)cc(C)c2[nH]1. The first-order valence-electron chi connectivity index (χ1n) is 4.07. The molecule has 3 heteroatoms. The molecule has 68 valence electrons. The van der Waals surface area contributed by atoms with Crippen LogP contribution in [0.15, 0.2) is 12.1 Å². The molecular formula is C10H10ClNO. The van der Waals surface area contributed by atoms with Crippen LogP contribution in [0.5, 0.6) is 5.75 Å². The first-order chi connectivity index (χ1) is 6.09. The molecule has 0 fully saturated rings. The fourth-order valence-corrected chi connectivity index (χ4v) is 1.76. The maximum Gasteiger partial charge on any atom is 0.135 e. The number of rotatable bonds is 0. The number of phenolic OH excluding ortho intramolecular Hbond substituents is 1. The minimum absolute atomic E-state index is 0.144. The van der Waals surface area contributed by atoms with Gasteiger partial charge in [0.2, 0.25) is 0 Å². The monoisotopic (exact) mass is 195 g/mol. The maximum absolute atomic E-state index is 9.46. The molecule has 1 heterocycles. The molecule has 0 radical (unpaired) electrons. The van der Waals surface area contributed by atoms with Crippen molar-refractivity contribution >= 4 is 22.5 Å². The van der Waals surface area contributed by atoms with Gasteiger partial charge in [-0.1, -0.05) is 11.6 Å². The van der Waals surface area contributed by atoms with Crippen molar-refractivity contribution in [3.8, 4) is 5.75 Å². The van der Waals surface area contributed by atoms with Crippen LogP contribution in [-0.2, 0) is 0 Å². The summed E-state index contributed by atoms with van der Waals surface area (Å²) < 4.78 is 0. The second-order valence-electron chi connectivity index (χ2n) is 3.27. The smallest absolute Gasteiger partial charge is 0.135 e. The lowest BCUT2D eigenvalue weighted by Crippen LogP contribution is -1.78. The largest absolute Gasteiger partial charge is 0.506 e. The summed E-state index contributed by atoms with van der Waals surface area (Å²) in [5, 5.41) is 10.8. The molecule has 1 aromatic carbocycles. The highest BCUT2D eigenvalue weighted by molar-refractivity contribution is 6.37. The van der Waals surface area contributed by atoms with Crippen LogP contribution in [-0.4, -0.2) is 10.1 Å². The zero-order chi connectivity index (χ0) is 9.59. The van der Waals surface area contributed by atoms with Gasteiger partial charge in [0, 0.05) is 11.1 Å². The minimum Gasteiger partial charge on any atom is -0.506 e. The van der Waals surface area contributed by atoms with Gasteiger partial charge < -0.3 is 10.1 Å². The van der Waals surface area contributed by atoms with Crippen LogP contribution in [0.4, 0.5) is 0 Å². The van der Waals surface area contributed by atoms with Crippen molar-refractivity contribution in [2.24, 2.45) is 0 Å². The van der Waals surface area contributed by atoms with Gasteiger partial charge in [-0.05, 0) is 31.5 Å². The Morgan fingerprint density at radius 1 is 1.31 bits per heavy atom. The summed E-state index contributed by atoms with van der Waals surface area (Å²) in [6.45, 7) is 3.90. The Balaban J connectivity index is 2.95. The topological polar surface area (TPSA) is 36.0 Å². The Hall–Kier alpha value is -1.15. The van der Waals surface area contributed by atoms with E-state index in [9.17, 15) is 5.11 Å². The summed E-state index contributed by atoms with van der Waals surface area (Å²) in [5.41, 5.74) is 3.05. The summed E-state index contributed by atoms with van der Waals surface area (Å²) >= 11 is 5.94. The average Bonchev–Trinajstić information content (AvgIpc) is 2.44. The highest BCUT2D eigenvalue weighted by atomic mass is 35.5. The fraction of sp³-hybridized carbons (Fsp3) is 0.200. The van der Waals surface area contributed by atoms with Crippen LogP contribution < -0.4 is 0 Å². The number of H-pyrrole nitrogens is 1.